The summed E-state index contributed by atoms with van der Waals surface area (Å²) in [6.45, 7) is 2.78. The molecule has 0 aliphatic rings. The van der Waals surface area contributed by atoms with Gasteiger partial charge in [-0.25, -0.2) is 0 Å². The summed E-state index contributed by atoms with van der Waals surface area (Å²) in [5.74, 6) is -0.0106. The summed E-state index contributed by atoms with van der Waals surface area (Å²) in [7, 11) is 3.02. The number of allylic oxidation sites excluding steroid dienone is 2. The van der Waals surface area contributed by atoms with Crippen LogP contribution in [0.3, 0.4) is 0 Å². The predicted octanol–water partition coefficient (Wildman–Crippen LogP) is 0.694. The zero-order valence-corrected chi connectivity index (χ0v) is 9.88. The summed E-state index contributed by atoms with van der Waals surface area (Å²) in [5, 5.41) is -0.0212. The largest absolute Gasteiger partial charge is 0.482 e. The van der Waals surface area contributed by atoms with Crippen molar-refractivity contribution in [2.24, 2.45) is 11.5 Å². The molecule has 5 nitrogen and oxygen atoms in total. The van der Waals surface area contributed by atoms with Gasteiger partial charge in [-0.1, -0.05) is 11.6 Å². The third kappa shape index (κ3) is 10.7. The van der Waals surface area contributed by atoms with Crippen molar-refractivity contribution in [3.05, 3.63) is 22.7 Å². The van der Waals surface area contributed by atoms with Gasteiger partial charge in [0.1, 0.15) is 5.16 Å². The summed E-state index contributed by atoms with van der Waals surface area (Å²) >= 11 is 5.29. The molecule has 0 spiro atoms. The molecule has 0 saturated heterocycles. The Balaban J connectivity index is 0. The topological polar surface area (TPSA) is 87.6 Å². The van der Waals surface area contributed by atoms with Crippen LogP contribution in [0.1, 0.15) is 6.92 Å². The van der Waals surface area contributed by atoms with Crippen LogP contribution in [0.4, 0.5) is 0 Å². The van der Waals surface area contributed by atoms with Gasteiger partial charge in [-0.2, -0.15) is 0 Å². The molecular formula is C9H17ClN2O3. The van der Waals surface area contributed by atoms with Crippen LogP contribution in [0.2, 0.25) is 0 Å². The molecule has 15 heavy (non-hydrogen) atoms. The average Bonchev–Trinajstić information content (AvgIpc) is 2.24. The van der Waals surface area contributed by atoms with E-state index in [9.17, 15) is 4.79 Å². The molecule has 6 heteroatoms. The second kappa shape index (κ2) is 10.9. The maximum Gasteiger partial charge on any atom is 0.194 e. The molecule has 0 unspecified atom stereocenters. The van der Waals surface area contributed by atoms with Crippen LogP contribution in [0.15, 0.2) is 22.7 Å². The van der Waals surface area contributed by atoms with Gasteiger partial charge in [-0.05, 0) is 13.0 Å². The van der Waals surface area contributed by atoms with Crippen LogP contribution < -0.4 is 11.5 Å². The molecule has 0 aliphatic carbocycles. The maximum atomic E-state index is 10.3. The van der Waals surface area contributed by atoms with Crippen molar-refractivity contribution in [3.63, 3.8) is 0 Å². The summed E-state index contributed by atoms with van der Waals surface area (Å²) < 4.78 is 9.11. The molecule has 0 aromatic heterocycles. The van der Waals surface area contributed by atoms with Crippen LogP contribution >= 0.6 is 11.6 Å². The average molecular weight is 237 g/mol. The van der Waals surface area contributed by atoms with Crippen LogP contribution in [0.25, 0.3) is 0 Å². The molecule has 0 bridgehead atoms. The number of carbonyl (C=O) groups excluding carboxylic acids is 1. The Hall–Kier alpha value is -1.20. The summed E-state index contributed by atoms with van der Waals surface area (Å²) in [6.07, 6.45) is 1.72. The number of rotatable bonds is 4. The van der Waals surface area contributed by atoms with Crippen LogP contribution in [0.5, 0.6) is 0 Å². The molecule has 0 aromatic carbocycles. The van der Waals surface area contributed by atoms with Gasteiger partial charge in [-0.15, -0.1) is 0 Å². The number of nitrogens with two attached hydrogens (primary N) is 2. The first kappa shape index (κ1) is 16.2. The van der Waals surface area contributed by atoms with Crippen LogP contribution in [0, 0.1) is 0 Å². The van der Waals surface area contributed by atoms with E-state index in [1.807, 2.05) is 6.92 Å². The molecule has 0 heterocycles. The highest BCUT2D eigenvalue weighted by Gasteiger charge is 1.98. The Morgan fingerprint density at radius 1 is 1.40 bits per heavy atom. The minimum Gasteiger partial charge on any atom is -0.482 e. The Morgan fingerprint density at radius 2 is 1.87 bits per heavy atom. The number of methoxy groups -OCH3 is 2. The molecule has 0 fully saturated rings. The van der Waals surface area contributed by atoms with Gasteiger partial charge >= 0.3 is 0 Å². The first-order chi connectivity index (χ1) is 7.03. The minimum absolute atomic E-state index is 0.0106. The number of halogens is 1. The zero-order chi connectivity index (χ0) is 12.3. The molecule has 4 N–H and O–H groups in total. The predicted molar refractivity (Wildman–Crippen MR) is 60.0 cm³/mol. The lowest BCUT2D eigenvalue weighted by molar-refractivity contribution is -0.104. The van der Waals surface area contributed by atoms with Crippen LogP contribution in [-0.2, 0) is 14.3 Å². The number of hydrogen-bond acceptors (Lipinski definition) is 5. The molecule has 0 atom stereocenters. The number of carbonyl (C=O) groups is 1. The molecule has 88 valence electrons. The zero-order valence-electron chi connectivity index (χ0n) is 9.12. The lowest BCUT2D eigenvalue weighted by Gasteiger charge is -1.99. The van der Waals surface area contributed by atoms with E-state index < -0.39 is 0 Å². The maximum absolute atomic E-state index is 10.3. The second-order valence-corrected chi connectivity index (χ2v) is 2.68. The molecular weight excluding hydrogens is 220 g/mol. The van der Waals surface area contributed by atoms with Crippen molar-refractivity contribution in [1.29, 1.82) is 0 Å². The first-order valence-electron chi connectivity index (χ1n) is 4.13. The summed E-state index contributed by atoms with van der Waals surface area (Å²) in [5.41, 5.74) is 10.5. The lowest BCUT2D eigenvalue weighted by atomic mass is 10.3. The fraction of sp³-hybridized carbons (Fsp3) is 0.444. The Morgan fingerprint density at radius 3 is 2.07 bits per heavy atom. The smallest absolute Gasteiger partial charge is 0.194 e. The van der Waals surface area contributed by atoms with E-state index in [1.165, 1.54) is 13.2 Å². The van der Waals surface area contributed by atoms with E-state index >= 15 is 0 Å². The minimum atomic E-state index is -0.0212. The fourth-order valence-electron chi connectivity index (χ4n) is 0.430. The quantitative estimate of drug-likeness (QED) is 0.247. The Bertz CT molecular complexity index is 234. The third-order valence-electron chi connectivity index (χ3n) is 1.21. The standard InChI is InChI=1S/C6H9ClN2O2.C3H8O/c1-11-6(9)4(3-10)2-5(7)8;1-3-4-2/h2-3H,8-9H2,1H3;3H2,1-2H3/b5-2-,6-4-;. The van der Waals surface area contributed by atoms with Gasteiger partial charge in [0.15, 0.2) is 12.2 Å². The van der Waals surface area contributed by atoms with E-state index in [0.717, 1.165) is 6.61 Å². The molecule has 0 radical (unpaired) electrons. The molecule has 0 saturated carbocycles. The summed E-state index contributed by atoms with van der Waals surface area (Å²) in [6, 6.07) is 0. The highest BCUT2D eigenvalue weighted by Crippen LogP contribution is 2.02. The van der Waals surface area contributed by atoms with Gasteiger partial charge in [0.25, 0.3) is 0 Å². The highest BCUT2D eigenvalue weighted by molar-refractivity contribution is 6.29. The third-order valence-corrected chi connectivity index (χ3v) is 1.32. The number of aldehydes is 1. The Kier molecular flexibility index (Phi) is 11.8. The van der Waals surface area contributed by atoms with Crippen molar-refractivity contribution in [1.82, 2.24) is 0 Å². The van der Waals surface area contributed by atoms with Gasteiger partial charge in [0.05, 0.1) is 12.7 Å². The van der Waals surface area contributed by atoms with Crippen molar-refractivity contribution in [2.45, 2.75) is 6.92 Å². The van der Waals surface area contributed by atoms with Gasteiger partial charge in [-0.3, -0.25) is 4.79 Å². The van der Waals surface area contributed by atoms with Crippen molar-refractivity contribution >= 4 is 17.9 Å². The van der Waals surface area contributed by atoms with E-state index in [1.54, 1.807) is 7.11 Å². The van der Waals surface area contributed by atoms with E-state index in [-0.39, 0.29) is 16.6 Å². The van der Waals surface area contributed by atoms with E-state index in [0.29, 0.717) is 6.29 Å². The van der Waals surface area contributed by atoms with Crippen molar-refractivity contribution < 1.29 is 14.3 Å². The normalized spacial score (nSPS) is 12.1. The molecule has 0 aromatic rings. The lowest BCUT2D eigenvalue weighted by Crippen LogP contribution is -2.05. The van der Waals surface area contributed by atoms with Crippen molar-refractivity contribution in [2.75, 3.05) is 20.8 Å². The number of ether oxygens (including phenoxy) is 2. The fourth-order valence-corrected chi connectivity index (χ4v) is 0.547. The van der Waals surface area contributed by atoms with E-state index in [4.69, 9.17) is 23.1 Å². The van der Waals surface area contributed by atoms with Crippen LogP contribution in [-0.4, -0.2) is 27.1 Å². The Labute approximate surface area is 94.7 Å². The summed E-state index contributed by atoms with van der Waals surface area (Å²) in [4.78, 5) is 10.3. The first-order valence-corrected chi connectivity index (χ1v) is 4.51. The SMILES string of the molecule is CCOC.CO/C(N)=C(C=O)/C=C(\N)Cl. The molecule has 0 rings (SSSR count). The van der Waals surface area contributed by atoms with Gasteiger partial charge < -0.3 is 20.9 Å². The number of hydrogen-bond donors (Lipinski definition) is 2. The van der Waals surface area contributed by atoms with E-state index in [2.05, 4.69) is 9.47 Å². The molecule has 0 aliphatic heterocycles. The highest BCUT2D eigenvalue weighted by atomic mass is 35.5. The van der Waals surface area contributed by atoms with Gasteiger partial charge in [0.2, 0.25) is 0 Å². The second-order valence-electron chi connectivity index (χ2n) is 2.25. The van der Waals surface area contributed by atoms with Gasteiger partial charge in [0, 0.05) is 13.7 Å². The monoisotopic (exact) mass is 236 g/mol. The molecule has 0 amide bonds. The van der Waals surface area contributed by atoms with Crippen molar-refractivity contribution in [3.8, 4) is 0 Å².